The van der Waals surface area contributed by atoms with Crippen LogP contribution in [0.5, 0.6) is 0 Å². The normalized spacial score (nSPS) is 12.0. The highest BCUT2D eigenvalue weighted by molar-refractivity contribution is 6.25. The van der Waals surface area contributed by atoms with Crippen LogP contribution in [0.15, 0.2) is 88.6 Å². The maximum absolute atomic E-state index is 13.3. The van der Waals surface area contributed by atoms with Gasteiger partial charge in [-0.05, 0) is 30.2 Å². The predicted molar refractivity (Wildman–Crippen MR) is 113 cm³/mol. The number of fused-ring (bicyclic) bond motifs is 3. The molecule has 1 aliphatic rings. The second-order valence-corrected chi connectivity index (χ2v) is 6.96. The Morgan fingerprint density at radius 1 is 0.714 bits per heavy atom. The average Bonchev–Trinajstić information content (AvgIpc) is 3.16. The first-order valence-corrected chi connectivity index (χ1v) is 9.28. The van der Waals surface area contributed by atoms with E-state index < -0.39 is 0 Å². The van der Waals surface area contributed by atoms with Gasteiger partial charge in [0.05, 0.1) is 17.1 Å². The number of aliphatic imine (C=N–C) groups is 1. The zero-order valence-electron chi connectivity index (χ0n) is 15.8. The number of benzene rings is 3. The maximum atomic E-state index is 13.3. The minimum absolute atomic E-state index is 0.111. The Morgan fingerprint density at radius 3 is 1.79 bits per heavy atom. The fraction of sp³-hybridized carbons (Fsp3) is 0.0833. The molecule has 1 aliphatic carbocycles. The van der Waals surface area contributed by atoms with Gasteiger partial charge in [0.2, 0.25) is 0 Å². The smallest absolute Gasteiger partial charge is 0.283 e. The Balaban J connectivity index is 1.77. The summed E-state index contributed by atoms with van der Waals surface area (Å²) in [6, 6.07) is 26.1. The van der Waals surface area contributed by atoms with Crippen molar-refractivity contribution < 1.29 is 0 Å². The molecule has 0 unspecified atom stereocenters. The van der Waals surface area contributed by atoms with Crippen LogP contribution in [0.4, 0.5) is 5.69 Å². The predicted octanol–water partition coefficient (Wildman–Crippen LogP) is 4.63. The van der Waals surface area contributed by atoms with Crippen molar-refractivity contribution in [3.05, 3.63) is 106 Å². The molecule has 1 heterocycles. The Morgan fingerprint density at radius 2 is 1.21 bits per heavy atom. The molecule has 0 N–H and O–H groups in total. The molecule has 0 bridgehead atoms. The summed E-state index contributed by atoms with van der Waals surface area (Å²) < 4.78 is 3.53. The van der Waals surface area contributed by atoms with E-state index in [0.29, 0.717) is 5.69 Å². The highest BCUT2D eigenvalue weighted by atomic mass is 16.1. The second-order valence-electron chi connectivity index (χ2n) is 6.96. The minimum atomic E-state index is -0.111. The van der Waals surface area contributed by atoms with E-state index >= 15 is 0 Å². The molecule has 0 spiro atoms. The molecule has 0 fully saturated rings. The van der Waals surface area contributed by atoms with Crippen LogP contribution in [0.1, 0.15) is 16.8 Å². The van der Waals surface area contributed by atoms with Crippen LogP contribution in [0.2, 0.25) is 0 Å². The van der Waals surface area contributed by atoms with Crippen molar-refractivity contribution >= 4 is 11.4 Å². The van der Waals surface area contributed by atoms with Crippen LogP contribution >= 0.6 is 0 Å². The van der Waals surface area contributed by atoms with Crippen molar-refractivity contribution in [1.82, 2.24) is 9.36 Å². The first kappa shape index (κ1) is 16.5. The number of hydrogen-bond acceptors (Lipinski definition) is 2. The third-order valence-corrected chi connectivity index (χ3v) is 5.40. The van der Waals surface area contributed by atoms with E-state index in [4.69, 9.17) is 4.99 Å². The van der Waals surface area contributed by atoms with Gasteiger partial charge >= 0.3 is 0 Å². The Kier molecular flexibility index (Phi) is 3.66. The van der Waals surface area contributed by atoms with Gasteiger partial charge in [0.1, 0.15) is 0 Å². The molecule has 5 rings (SSSR count). The van der Waals surface area contributed by atoms with E-state index in [9.17, 15) is 4.79 Å². The number of nitrogens with zero attached hydrogens (tertiary/aromatic N) is 3. The topological polar surface area (TPSA) is 39.3 Å². The standard InChI is InChI=1S/C24H19N3O/c1-16-22(24(28)27(26(16)2)17-10-4-3-5-11-17)25-23-20-14-8-6-12-18(20)19-13-7-9-15-21(19)23/h3-15H,1-2H3. The molecule has 0 radical (unpaired) electrons. The summed E-state index contributed by atoms with van der Waals surface area (Å²) >= 11 is 0. The highest BCUT2D eigenvalue weighted by Crippen LogP contribution is 2.37. The van der Waals surface area contributed by atoms with Crippen LogP contribution < -0.4 is 5.56 Å². The van der Waals surface area contributed by atoms with E-state index in [-0.39, 0.29) is 5.56 Å². The Labute approximate surface area is 163 Å². The van der Waals surface area contributed by atoms with Crippen LogP contribution in [0, 0.1) is 6.92 Å². The van der Waals surface area contributed by atoms with Crippen LogP contribution in [-0.2, 0) is 7.05 Å². The van der Waals surface area contributed by atoms with Crippen molar-refractivity contribution in [2.45, 2.75) is 6.92 Å². The van der Waals surface area contributed by atoms with E-state index in [2.05, 4.69) is 24.3 Å². The first-order chi connectivity index (χ1) is 13.7. The lowest BCUT2D eigenvalue weighted by atomic mass is 10.1. The van der Waals surface area contributed by atoms with Gasteiger partial charge in [0, 0.05) is 18.2 Å². The Bertz CT molecular complexity index is 1250. The van der Waals surface area contributed by atoms with Crippen LogP contribution in [0.3, 0.4) is 0 Å². The molecular formula is C24H19N3O. The molecule has 0 aliphatic heterocycles. The van der Waals surface area contributed by atoms with Crippen LogP contribution in [-0.4, -0.2) is 15.1 Å². The summed E-state index contributed by atoms with van der Waals surface area (Å²) in [5.74, 6) is 0. The quantitative estimate of drug-likeness (QED) is 0.449. The number of rotatable bonds is 2. The molecule has 4 heteroatoms. The van der Waals surface area contributed by atoms with Crippen molar-refractivity contribution in [1.29, 1.82) is 0 Å². The molecule has 0 amide bonds. The summed E-state index contributed by atoms with van der Waals surface area (Å²) in [6.45, 7) is 1.94. The lowest BCUT2D eigenvalue weighted by molar-refractivity contribution is 0.630. The average molecular weight is 365 g/mol. The fourth-order valence-corrected chi connectivity index (χ4v) is 3.91. The molecule has 0 atom stereocenters. The fourth-order valence-electron chi connectivity index (χ4n) is 3.91. The van der Waals surface area contributed by atoms with Crippen LogP contribution in [0.25, 0.3) is 16.8 Å². The van der Waals surface area contributed by atoms with Gasteiger partial charge < -0.3 is 0 Å². The monoisotopic (exact) mass is 365 g/mol. The molecule has 0 saturated carbocycles. The van der Waals surface area contributed by atoms with Gasteiger partial charge in [-0.25, -0.2) is 9.67 Å². The van der Waals surface area contributed by atoms with E-state index in [1.165, 1.54) is 0 Å². The number of hydrogen-bond donors (Lipinski definition) is 0. The van der Waals surface area contributed by atoms with E-state index in [1.807, 2.05) is 73.3 Å². The molecule has 1 aromatic heterocycles. The van der Waals surface area contributed by atoms with Gasteiger partial charge in [-0.3, -0.25) is 9.48 Å². The third kappa shape index (κ3) is 2.31. The lowest BCUT2D eigenvalue weighted by Crippen LogP contribution is -2.19. The first-order valence-electron chi connectivity index (χ1n) is 9.28. The summed E-state index contributed by atoms with van der Waals surface area (Å²) in [4.78, 5) is 18.2. The summed E-state index contributed by atoms with van der Waals surface area (Å²) in [5.41, 5.74) is 7.35. The Hall–Kier alpha value is -3.66. The molecular weight excluding hydrogens is 346 g/mol. The zero-order chi connectivity index (χ0) is 19.3. The summed E-state index contributed by atoms with van der Waals surface area (Å²) in [6.07, 6.45) is 0. The zero-order valence-corrected chi connectivity index (χ0v) is 15.8. The molecule has 4 nitrogen and oxygen atoms in total. The summed E-state index contributed by atoms with van der Waals surface area (Å²) in [7, 11) is 1.89. The van der Waals surface area contributed by atoms with Gasteiger partial charge in [0.15, 0.2) is 5.69 Å². The SMILES string of the molecule is Cc1c(N=C2c3ccccc3-c3ccccc32)c(=O)n(-c2ccccc2)n1C. The molecule has 0 saturated heterocycles. The minimum Gasteiger partial charge on any atom is -0.283 e. The third-order valence-electron chi connectivity index (χ3n) is 5.40. The van der Waals surface area contributed by atoms with Gasteiger partial charge in [-0.2, -0.15) is 0 Å². The second kappa shape index (κ2) is 6.20. The maximum Gasteiger partial charge on any atom is 0.297 e. The molecule has 28 heavy (non-hydrogen) atoms. The van der Waals surface area contributed by atoms with Crippen molar-refractivity contribution in [3.63, 3.8) is 0 Å². The number of aromatic nitrogens is 2. The number of para-hydroxylation sites is 1. The largest absolute Gasteiger partial charge is 0.297 e. The van der Waals surface area contributed by atoms with E-state index in [1.54, 1.807) is 4.68 Å². The van der Waals surface area contributed by atoms with E-state index in [0.717, 1.165) is 39.3 Å². The molecule has 3 aromatic carbocycles. The molecule has 136 valence electrons. The van der Waals surface area contributed by atoms with Crippen molar-refractivity contribution in [3.8, 4) is 16.8 Å². The summed E-state index contributed by atoms with van der Waals surface area (Å²) in [5, 5.41) is 0. The van der Waals surface area contributed by atoms with Gasteiger partial charge in [0.25, 0.3) is 5.56 Å². The van der Waals surface area contributed by atoms with Gasteiger partial charge in [-0.1, -0.05) is 66.7 Å². The highest BCUT2D eigenvalue weighted by Gasteiger charge is 2.25. The van der Waals surface area contributed by atoms with Crippen molar-refractivity contribution in [2.75, 3.05) is 0 Å². The molecule has 4 aromatic rings. The van der Waals surface area contributed by atoms with Gasteiger partial charge in [-0.15, -0.1) is 0 Å². The lowest BCUT2D eigenvalue weighted by Gasteiger charge is -2.07. The van der Waals surface area contributed by atoms with Crippen molar-refractivity contribution in [2.24, 2.45) is 12.0 Å².